The minimum absolute atomic E-state index is 0.0263. The Morgan fingerprint density at radius 3 is 2.81 bits per heavy atom. The molecule has 2 aliphatic rings. The van der Waals surface area contributed by atoms with Crippen molar-refractivity contribution in [2.45, 2.75) is 32.4 Å². The fourth-order valence-electron chi connectivity index (χ4n) is 2.98. The molecule has 4 heteroatoms. The van der Waals surface area contributed by atoms with Crippen molar-refractivity contribution in [3.8, 4) is 0 Å². The molecule has 1 atom stereocenters. The summed E-state index contributed by atoms with van der Waals surface area (Å²) in [6.07, 6.45) is 1.96. The maximum Gasteiger partial charge on any atom is 0.323 e. The molecule has 114 valence electrons. The number of esters is 1. The molecular formula is C17H23NO3. The molecule has 0 amide bonds. The lowest BCUT2D eigenvalue weighted by atomic mass is 9.90. The summed E-state index contributed by atoms with van der Waals surface area (Å²) >= 11 is 0. The lowest BCUT2D eigenvalue weighted by molar-refractivity contribution is -0.169. The molecule has 0 saturated carbocycles. The SMILES string of the molecule is CC1(COC(=O)[C@H]2CCCN2Cc2ccccc2)COC1. The molecule has 0 unspecified atom stereocenters. The number of carbonyl (C=O) groups is 1. The third-order valence-corrected chi connectivity index (χ3v) is 4.33. The van der Waals surface area contributed by atoms with E-state index in [9.17, 15) is 4.79 Å². The molecule has 0 spiro atoms. The van der Waals surface area contributed by atoms with Crippen molar-refractivity contribution >= 4 is 5.97 Å². The molecule has 0 N–H and O–H groups in total. The van der Waals surface area contributed by atoms with E-state index in [2.05, 4.69) is 24.0 Å². The second-order valence-corrected chi connectivity index (χ2v) is 6.53. The number of carbonyl (C=O) groups excluding carboxylic acids is 1. The molecule has 21 heavy (non-hydrogen) atoms. The van der Waals surface area contributed by atoms with Gasteiger partial charge in [-0.2, -0.15) is 0 Å². The maximum absolute atomic E-state index is 12.3. The number of ether oxygens (including phenoxy) is 2. The molecule has 2 fully saturated rings. The third kappa shape index (κ3) is 3.44. The van der Waals surface area contributed by atoms with E-state index in [-0.39, 0.29) is 17.4 Å². The fraction of sp³-hybridized carbons (Fsp3) is 0.588. The van der Waals surface area contributed by atoms with Crippen LogP contribution in [0.2, 0.25) is 0 Å². The number of benzene rings is 1. The molecule has 0 aliphatic carbocycles. The minimum Gasteiger partial charge on any atom is -0.464 e. The number of hydrogen-bond acceptors (Lipinski definition) is 4. The van der Waals surface area contributed by atoms with E-state index in [4.69, 9.17) is 9.47 Å². The van der Waals surface area contributed by atoms with Gasteiger partial charge in [0.25, 0.3) is 0 Å². The molecule has 1 aromatic carbocycles. The van der Waals surface area contributed by atoms with Gasteiger partial charge in [0.05, 0.1) is 13.2 Å². The van der Waals surface area contributed by atoms with Crippen LogP contribution in [0.15, 0.2) is 30.3 Å². The minimum atomic E-state index is -0.0881. The lowest BCUT2D eigenvalue weighted by Gasteiger charge is -2.37. The summed E-state index contributed by atoms with van der Waals surface area (Å²) in [5.41, 5.74) is 1.27. The molecule has 1 aromatic rings. The Kier molecular flexibility index (Phi) is 4.27. The summed E-state index contributed by atoms with van der Waals surface area (Å²) in [7, 11) is 0. The summed E-state index contributed by atoms with van der Waals surface area (Å²) in [6, 6.07) is 10.2. The number of rotatable bonds is 5. The van der Waals surface area contributed by atoms with Gasteiger partial charge in [0, 0.05) is 12.0 Å². The van der Waals surface area contributed by atoms with Crippen molar-refractivity contribution in [2.24, 2.45) is 5.41 Å². The van der Waals surface area contributed by atoms with Gasteiger partial charge in [-0.15, -0.1) is 0 Å². The number of likely N-dealkylation sites (tertiary alicyclic amines) is 1. The predicted octanol–water partition coefficient (Wildman–Crippen LogP) is 2.23. The molecule has 0 bridgehead atoms. The highest BCUT2D eigenvalue weighted by Gasteiger charge is 2.37. The van der Waals surface area contributed by atoms with Crippen LogP contribution in [0.1, 0.15) is 25.3 Å². The largest absolute Gasteiger partial charge is 0.464 e. The zero-order chi connectivity index (χ0) is 14.7. The summed E-state index contributed by atoms with van der Waals surface area (Å²) in [4.78, 5) is 14.6. The second-order valence-electron chi connectivity index (χ2n) is 6.53. The molecule has 0 aromatic heterocycles. The fourth-order valence-corrected chi connectivity index (χ4v) is 2.98. The monoisotopic (exact) mass is 289 g/mol. The van der Waals surface area contributed by atoms with Crippen molar-refractivity contribution in [2.75, 3.05) is 26.4 Å². The normalized spacial score (nSPS) is 24.5. The van der Waals surface area contributed by atoms with Gasteiger partial charge in [-0.1, -0.05) is 37.3 Å². The van der Waals surface area contributed by atoms with Gasteiger partial charge in [-0.05, 0) is 24.9 Å². The Morgan fingerprint density at radius 2 is 2.14 bits per heavy atom. The molecule has 2 aliphatic heterocycles. The highest BCUT2D eigenvalue weighted by molar-refractivity contribution is 5.76. The standard InChI is InChI=1S/C17H23NO3/c1-17(11-20-12-17)13-21-16(19)15-8-5-9-18(15)10-14-6-3-2-4-7-14/h2-4,6-7,15H,5,8-13H2,1H3/t15-/m1/s1. The van der Waals surface area contributed by atoms with Gasteiger partial charge in [0.2, 0.25) is 0 Å². The third-order valence-electron chi connectivity index (χ3n) is 4.33. The van der Waals surface area contributed by atoms with E-state index in [1.54, 1.807) is 0 Å². The van der Waals surface area contributed by atoms with Crippen molar-refractivity contribution in [1.29, 1.82) is 0 Å². The average Bonchev–Trinajstić information content (AvgIpc) is 2.92. The van der Waals surface area contributed by atoms with Gasteiger partial charge in [0.1, 0.15) is 12.6 Å². The van der Waals surface area contributed by atoms with E-state index in [0.29, 0.717) is 19.8 Å². The van der Waals surface area contributed by atoms with Crippen LogP contribution in [0.5, 0.6) is 0 Å². The van der Waals surface area contributed by atoms with Crippen LogP contribution in [0.25, 0.3) is 0 Å². The summed E-state index contributed by atoms with van der Waals surface area (Å²) in [5.74, 6) is -0.0726. The first-order chi connectivity index (χ1) is 10.2. The van der Waals surface area contributed by atoms with Crippen LogP contribution < -0.4 is 0 Å². The van der Waals surface area contributed by atoms with Gasteiger partial charge < -0.3 is 9.47 Å². The number of nitrogens with zero attached hydrogens (tertiary/aromatic N) is 1. The van der Waals surface area contributed by atoms with Crippen LogP contribution in [-0.2, 0) is 20.8 Å². The van der Waals surface area contributed by atoms with Crippen LogP contribution >= 0.6 is 0 Å². The van der Waals surface area contributed by atoms with Gasteiger partial charge >= 0.3 is 5.97 Å². The molecule has 2 saturated heterocycles. The molecular weight excluding hydrogens is 266 g/mol. The van der Waals surface area contributed by atoms with E-state index in [0.717, 1.165) is 25.9 Å². The Balaban J connectivity index is 1.54. The Bertz CT molecular complexity index is 484. The first-order valence-electron chi connectivity index (χ1n) is 7.69. The van der Waals surface area contributed by atoms with Crippen LogP contribution in [-0.4, -0.2) is 43.3 Å². The first-order valence-corrected chi connectivity index (χ1v) is 7.69. The van der Waals surface area contributed by atoms with E-state index < -0.39 is 0 Å². The van der Waals surface area contributed by atoms with Crippen LogP contribution in [0.3, 0.4) is 0 Å². The Labute approximate surface area is 126 Å². The zero-order valence-electron chi connectivity index (χ0n) is 12.6. The molecule has 0 radical (unpaired) electrons. The van der Waals surface area contributed by atoms with Gasteiger partial charge in [-0.3, -0.25) is 9.69 Å². The topological polar surface area (TPSA) is 38.8 Å². The van der Waals surface area contributed by atoms with E-state index >= 15 is 0 Å². The van der Waals surface area contributed by atoms with Crippen LogP contribution in [0.4, 0.5) is 0 Å². The Hall–Kier alpha value is -1.39. The first kappa shape index (κ1) is 14.5. The average molecular weight is 289 g/mol. The van der Waals surface area contributed by atoms with Crippen molar-refractivity contribution in [3.63, 3.8) is 0 Å². The lowest BCUT2D eigenvalue weighted by Crippen LogP contribution is -2.46. The zero-order valence-corrected chi connectivity index (χ0v) is 12.6. The van der Waals surface area contributed by atoms with Crippen molar-refractivity contribution < 1.29 is 14.3 Å². The Morgan fingerprint density at radius 1 is 1.38 bits per heavy atom. The maximum atomic E-state index is 12.3. The summed E-state index contributed by atoms with van der Waals surface area (Å²) in [5, 5.41) is 0. The second kappa shape index (κ2) is 6.16. The molecule has 3 rings (SSSR count). The van der Waals surface area contributed by atoms with Crippen molar-refractivity contribution in [1.82, 2.24) is 4.90 Å². The highest BCUT2D eigenvalue weighted by Crippen LogP contribution is 2.28. The number of hydrogen-bond donors (Lipinski definition) is 0. The van der Waals surface area contributed by atoms with E-state index in [1.807, 2.05) is 18.2 Å². The molecule has 2 heterocycles. The predicted molar refractivity (Wildman–Crippen MR) is 79.8 cm³/mol. The highest BCUT2D eigenvalue weighted by atomic mass is 16.5. The van der Waals surface area contributed by atoms with Gasteiger partial charge in [-0.25, -0.2) is 0 Å². The van der Waals surface area contributed by atoms with Crippen molar-refractivity contribution in [3.05, 3.63) is 35.9 Å². The molecule has 4 nitrogen and oxygen atoms in total. The smallest absolute Gasteiger partial charge is 0.323 e. The van der Waals surface area contributed by atoms with Gasteiger partial charge in [0.15, 0.2) is 0 Å². The van der Waals surface area contributed by atoms with Crippen LogP contribution in [0, 0.1) is 5.41 Å². The van der Waals surface area contributed by atoms with E-state index in [1.165, 1.54) is 5.56 Å². The summed E-state index contributed by atoms with van der Waals surface area (Å²) < 4.78 is 10.7. The summed E-state index contributed by atoms with van der Waals surface area (Å²) in [6.45, 7) is 5.75. The quantitative estimate of drug-likeness (QED) is 0.779.